The molecule has 0 aromatic heterocycles. The molecule has 0 aliphatic rings. The van der Waals surface area contributed by atoms with Gasteiger partial charge in [0, 0.05) is 17.5 Å². The van der Waals surface area contributed by atoms with E-state index < -0.39 is 0 Å². The standard InChI is InChI=1S/C29H54N.C27H49N.2ClH/c1-5-7-8-9-10-11-12-13-14-15-16-17-18-19-20-24-27-30(3,4)29(6-2)28-25-22-21-23-26-28;1-4-5-6-7-8-9-10-11-12-13-14-15-16-17-18-19-22-25-23-20-21-24-26(25)27(2,3)28;;/h21-23,25-26,29H,5-20,24,27H2,1-4H3;20-21,23-24H,4-19,22,28H2,1-3H3;2*1H/q+1;;;/p-1. The van der Waals surface area contributed by atoms with Crippen LogP contribution in [0, 0.1) is 0 Å². The lowest BCUT2D eigenvalue weighted by Crippen LogP contribution is -3.00. The summed E-state index contributed by atoms with van der Waals surface area (Å²) in [6.45, 7) is 12.5. The van der Waals surface area contributed by atoms with Crippen LogP contribution in [0.1, 0.15) is 269 Å². The number of unbranched alkanes of at least 4 members (excludes halogenated alkanes) is 30. The van der Waals surface area contributed by atoms with Crippen LogP contribution in [0.25, 0.3) is 0 Å². The number of halogens is 2. The second kappa shape index (κ2) is 41.9. The average molecular weight is 876 g/mol. The van der Waals surface area contributed by atoms with Crippen LogP contribution in [0.3, 0.4) is 0 Å². The largest absolute Gasteiger partial charge is 1.00 e. The highest BCUT2D eigenvalue weighted by Gasteiger charge is 2.27. The minimum absolute atomic E-state index is 0. The molecule has 1 unspecified atom stereocenters. The Kier molecular flexibility index (Phi) is 42.6. The third kappa shape index (κ3) is 33.5. The van der Waals surface area contributed by atoms with Gasteiger partial charge in [-0.25, -0.2) is 0 Å². The lowest BCUT2D eigenvalue weighted by atomic mass is 9.89. The topological polar surface area (TPSA) is 26.0 Å². The van der Waals surface area contributed by atoms with Gasteiger partial charge in [0.1, 0.15) is 6.04 Å². The van der Waals surface area contributed by atoms with Gasteiger partial charge in [0.15, 0.2) is 0 Å². The number of nitrogens with zero attached hydrogens (tertiary/aromatic N) is 1. The summed E-state index contributed by atoms with van der Waals surface area (Å²) in [7, 11) is 4.85. The number of hydrogen-bond acceptors (Lipinski definition) is 1. The minimum atomic E-state index is -0.231. The minimum Gasteiger partial charge on any atom is -1.00 e. The van der Waals surface area contributed by atoms with Crippen molar-refractivity contribution in [2.75, 3.05) is 20.6 Å². The van der Waals surface area contributed by atoms with Crippen molar-refractivity contribution in [3.63, 3.8) is 0 Å². The van der Waals surface area contributed by atoms with Crippen LogP contribution >= 0.6 is 12.4 Å². The molecule has 0 aliphatic heterocycles. The molecule has 2 nitrogen and oxygen atoms in total. The Morgan fingerprint density at radius 3 is 1.12 bits per heavy atom. The van der Waals surface area contributed by atoms with Gasteiger partial charge in [-0.15, -0.1) is 12.4 Å². The van der Waals surface area contributed by atoms with Crippen molar-refractivity contribution in [2.45, 2.75) is 265 Å². The summed E-state index contributed by atoms with van der Waals surface area (Å²) in [5, 5.41) is 0. The first kappa shape index (κ1) is 61.0. The van der Waals surface area contributed by atoms with Crippen LogP contribution < -0.4 is 18.1 Å². The Morgan fingerprint density at radius 1 is 0.450 bits per heavy atom. The van der Waals surface area contributed by atoms with E-state index in [1.807, 2.05) is 0 Å². The first-order valence-corrected chi connectivity index (χ1v) is 25.9. The molecule has 2 N–H and O–H groups in total. The van der Waals surface area contributed by atoms with Crippen molar-refractivity contribution in [1.29, 1.82) is 0 Å². The molecule has 2 rings (SSSR count). The zero-order chi connectivity index (χ0) is 42.4. The van der Waals surface area contributed by atoms with Gasteiger partial charge < -0.3 is 22.6 Å². The summed E-state index contributed by atoms with van der Waals surface area (Å²) in [5.74, 6) is 0. The van der Waals surface area contributed by atoms with Crippen LogP contribution in [0.5, 0.6) is 0 Å². The van der Waals surface area contributed by atoms with Crippen molar-refractivity contribution in [2.24, 2.45) is 5.73 Å². The highest BCUT2D eigenvalue weighted by molar-refractivity contribution is 5.85. The van der Waals surface area contributed by atoms with Gasteiger partial charge >= 0.3 is 0 Å². The fourth-order valence-corrected chi connectivity index (χ4v) is 9.26. The number of nitrogens with two attached hydrogens (primary N) is 1. The second-order valence-electron chi connectivity index (χ2n) is 19.6. The molecular weight excluding hydrogens is 772 g/mol. The van der Waals surface area contributed by atoms with Gasteiger partial charge in [-0.2, -0.15) is 0 Å². The first-order chi connectivity index (χ1) is 28.2. The molecule has 0 amide bonds. The van der Waals surface area contributed by atoms with Gasteiger partial charge in [0.05, 0.1) is 20.6 Å². The molecule has 4 heteroatoms. The predicted octanol–water partition coefficient (Wildman–Crippen LogP) is 15.6. The van der Waals surface area contributed by atoms with E-state index >= 15 is 0 Å². The van der Waals surface area contributed by atoms with Crippen LogP contribution in [0.4, 0.5) is 0 Å². The molecule has 2 aromatic carbocycles. The van der Waals surface area contributed by atoms with Gasteiger partial charge in [-0.1, -0.05) is 262 Å². The van der Waals surface area contributed by atoms with E-state index in [1.165, 1.54) is 242 Å². The SMILES string of the molecule is CCCCCCCCCCCCCCCCCC[N+](C)(C)C(CC)c1ccccc1.CCCCCCCCCCCCCCCCCCc1ccccc1C(C)(C)N.Cl.[Cl-]. The molecule has 0 bridgehead atoms. The maximum atomic E-state index is 6.32. The summed E-state index contributed by atoms with van der Waals surface area (Å²) in [4.78, 5) is 0. The number of aryl methyl sites for hydroxylation is 1. The van der Waals surface area contributed by atoms with Crippen molar-refractivity contribution >= 4 is 12.4 Å². The van der Waals surface area contributed by atoms with Crippen LogP contribution in [0.15, 0.2) is 54.6 Å². The normalized spacial score (nSPS) is 12.0. The lowest BCUT2D eigenvalue weighted by Gasteiger charge is -2.38. The van der Waals surface area contributed by atoms with E-state index in [0.29, 0.717) is 6.04 Å². The highest BCUT2D eigenvalue weighted by Crippen LogP contribution is 2.29. The molecule has 0 radical (unpaired) electrons. The summed E-state index contributed by atoms with van der Waals surface area (Å²) < 4.78 is 1.12. The molecule has 0 spiro atoms. The Morgan fingerprint density at radius 2 is 0.767 bits per heavy atom. The maximum Gasteiger partial charge on any atom is 0.114 e. The fourth-order valence-electron chi connectivity index (χ4n) is 9.26. The van der Waals surface area contributed by atoms with E-state index in [4.69, 9.17) is 5.73 Å². The number of benzene rings is 2. The van der Waals surface area contributed by atoms with Crippen molar-refractivity contribution in [1.82, 2.24) is 0 Å². The van der Waals surface area contributed by atoms with E-state index in [0.717, 1.165) is 4.48 Å². The smallest absolute Gasteiger partial charge is 0.114 e. The Hall–Kier alpha value is -1.06. The quantitative estimate of drug-likeness (QED) is 0.0528. The van der Waals surface area contributed by atoms with E-state index in [9.17, 15) is 0 Å². The summed E-state index contributed by atoms with van der Waals surface area (Å²) in [6, 6.07) is 20.5. The number of hydrogen-bond donors (Lipinski definition) is 1. The maximum absolute atomic E-state index is 6.32. The van der Waals surface area contributed by atoms with Gasteiger partial charge in [0.2, 0.25) is 0 Å². The molecule has 2 aromatic rings. The molecule has 0 fully saturated rings. The Balaban J connectivity index is 0. The first-order valence-electron chi connectivity index (χ1n) is 25.9. The molecule has 1 atom stereocenters. The third-order valence-corrected chi connectivity index (χ3v) is 13.0. The number of quaternary nitrogens is 1. The fraction of sp³-hybridized carbons (Fsp3) is 0.786. The van der Waals surface area contributed by atoms with Gasteiger partial charge in [0.25, 0.3) is 0 Å². The van der Waals surface area contributed by atoms with Gasteiger partial charge in [-0.05, 0) is 50.7 Å². The van der Waals surface area contributed by atoms with Crippen LogP contribution in [0.2, 0.25) is 0 Å². The predicted molar refractivity (Wildman–Crippen MR) is 270 cm³/mol. The Labute approximate surface area is 389 Å². The van der Waals surface area contributed by atoms with E-state index in [1.54, 1.807) is 0 Å². The number of rotatable bonds is 38. The highest BCUT2D eigenvalue weighted by atomic mass is 35.5. The molecule has 0 heterocycles. The third-order valence-electron chi connectivity index (χ3n) is 13.0. The molecular formula is C56H104Cl2N2. The molecule has 0 aliphatic carbocycles. The van der Waals surface area contributed by atoms with Crippen molar-refractivity contribution in [3.8, 4) is 0 Å². The molecule has 352 valence electrons. The molecule has 0 saturated carbocycles. The van der Waals surface area contributed by atoms with Crippen molar-refractivity contribution in [3.05, 3.63) is 71.3 Å². The molecule has 0 saturated heterocycles. The second-order valence-corrected chi connectivity index (χ2v) is 19.6. The summed E-state index contributed by atoms with van der Waals surface area (Å²) in [6.07, 6.45) is 48.3. The van der Waals surface area contributed by atoms with Crippen molar-refractivity contribution < 1.29 is 16.9 Å². The lowest BCUT2D eigenvalue weighted by molar-refractivity contribution is -0.921. The average Bonchev–Trinajstić information content (AvgIpc) is 3.21. The zero-order valence-electron chi connectivity index (χ0n) is 41.3. The molecule has 60 heavy (non-hydrogen) atoms. The van der Waals surface area contributed by atoms with Crippen LogP contribution in [-0.2, 0) is 12.0 Å². The summed E-state index contributed by atoms with van der Waals surface area (Å²) in [5.41, 5.74) is 10.4. The van der Waals surface area contributed by atoms with Crippen LogP contribution in [-0.4, -0.2) is 25.1 Å². The summed E-state index contributed by atoms with van der Waals surface area (Å²) >= 11 is 0. The van der Waals surface area contributed by atoms with Gasteiger partial charge in [-0.3, -0.25) is 0 Å². The monoisotopic (exact) mass is 875 g/mol. The van der Waals surface area contributed by atoms with E-state index in [-0.39, 0.29) is 30.4 Å². The zero-order valence-corrected chi connectivity index (χ0v) is 42.9. The Bertz CT molecular complexity index is 1140. The van der Waals surface area contributed by atoms with E-state index in [2.05, 4.69) is 103 Å².